The molecule has 1 aromatic carbocycles. The highest BCUT2D eigenvalue weighted by Crippen LogP contribution is 2.31. The molecular formula is C17H23NO3S. The molecule has 3 rings (SSSR count). The van der Waals surface area contributed by atoms with Crippen LogP contribution in [0.2, 0.25) is 0 Å². The molecule has 2 aliphatic rings. The van der Waals surface area contributed by atoms with Crippen LogP contribution < -0.4 is 0 Å². The number of hydrogen-bond acceptors (Lipinski definition) is 4. The number of morpholine rings is 1. The van der Waals surface area contributed by atoms with Crippen LogP contribution in [0.1, 0.15) is 18.9 Å². The van der Waals surface area contributed by atoms with Crippen LogP contribution in [0, 0.1) is 0 Å². The Kier molecular flexibility index (Phi) is 4.39. The maximum Gasteiger partial charge on any atom is 0.153 e. The number of hydrogen-bond donors (Lipinski definition) is 0. The van der Waals surface area contributed by atoms with Crippen LogP contribution in [-0.4, -0.2) is 56.7 Å². The molecule has 5 heteroatoms. The van der Waals surface area contributed by atoms with Gasteiger partial charge in [0, 0.05) is 19.6 Å². The van der Waals surface area contributed by atoms with Gasteiger partial charge in [-0.1, -0.05) is 42.0 Å². The predicted molar refractivity (Wildman–Crippen MR) is 88.5 cm³/mol. The summed E-state index contributed by atoms with van der Waals surface area (Å²) in [6, 6.07) is 10.3. The van der Waals surface area contributed by atoms with E-state index in [1.807, 2.05) is 18.2 Å². The predicted octanol–water partition coefficient (Wildman–Crippen LogP) is 1.98. The maximum atomic E-state index is 11.8. The number of rotatable bonds is 3. The Balaban J connectivity index is 1.65. The molecule has 22 heavy (non-hydrogen) atoms. The van der Waals surface area contributed by atoms with Gasteiger partial charge in [0.2, 0.25) is 0 Å². The van der Waals surface area contributed by atoms with Crippen LogP contribution in [0.4, 0.5) is 0 Å². The molecule has 2 heterocycles. The molecule has 0 aliphatic carbocycles. The summed E-state index contributed by atoms with van der Waals surface area (Å²) in [5.41, 5.74) is 2.01. The maximum absolute atomic E-state index is 11.8. The molecule has 4 nitrogen and oxygen atoms in total. The summed E-state index contributed by atoms with van der Waals surface area (Å²) in [6.45, 7) is 5.18. The Labute approximate surface area is 132 Å². The molecule has 2 saturated heterocycles. The van der Waals surface area contributed by atoms with E-state index in [0.29, 0.717) is 19.6 Å². The third-order valence-electron chi connectivity index (χ3n) is 4.36. The van der Waals surface area contributed by atoms with Crippen molar-refractivity contribution in [1.29, 1.82) is 0 Å². The topological polar surface area (TPSA) is 46.6 Å². The van der Waals surface area contributed by atoms with E-state index >= 15 is 0 Å². The van der Waals surface area contributed by atoms with E-state index in [0.717, 1.165) is 13.1 Å². The van der Waals surface area contributed by atoms with E-state index in [2.05, 4.69) is 30.0 Å². The minimum atomic E-state index is -2.92. The van der Waals surface area contributed by atoms with Gasteiger partial charge in [-0.05, 0) is 18.9 Å². The number of nitrogens with zero attached hydrogens (tertiary/aromatic N) is 1. The summed E-state index contributed by atoms with van der Waals surface area (Å²) in [6.07, 6.45) is 2.82. The van der Waals surface area contributed by atoms with E-state index in [4.69, 9.17) is 4.74 Å². The zero-order valence-electron chi connectivity index (χ0n) is 13.0. The summed E-state index contributed by atoms with van der Waals surface area (Å²) in [5, 5.41) is 0. The molecule has 2 fully saturated rings. The zero-order chi connectivity index (χ0) is 15.6. The first-order chi connectivity index (χ1) is 10.5. The lowest BCUT2D eigenvalue weighted by atomic mass is 10.0. The van der Waals surface area contributed by atoms with Gasteiger partial charge in [0.1, 0.15) is 0 Å². The van der Waals surface area contributed by atoms with Gasteiger partial charge in [0.05, 0.1) is 23.7 Å². The number of sulfone groups is 1. The second kappa shape index (κ2) is 6.14. The van der Waals surface area contributed by atoms with E-state index in [1.165, 1.54) is 11.1 Å². The van der Waals surface area contributed by atoms with Crippen LogP contribution in [0.15, 0.2) is 35.9 Å². The molecule has 0 saturated carbocycles. The lowest BCUT2D eigenvalue weighted by molar-refractivity contribution is -0.0901. The number of ether oxygens (including phenoxy) is 1. The molecule has 0 aromatic heterocycles. The van der Waals surface area contributed by atoms with Crippen molar-refractivity contribution in [3.05, 3.63) is 41.5 Å². The lowest BCUT2D eigenvalue weighted by Crippen LogP contribution is -2.52. The van der Waals surface area contributed by atoms with Gasteiger partial charge >= 0.3 is 0 Å². The van der Waals surface area contributed by atoms with Gasteiger partial charge in [-0.3, -0.25) is 4.90 Å². The summed E-state index contributed by atoms with van der Waals surface area (Å²) < 4.78 is 29.4. The Hall–Kier alpha value is -1.17. The highest BCUT2D eigenvalue weighted by Gasteiger charge is 2.46. The first kappa shape index (κ1) is 15.7. The molecule has 0 amide bonds. The quantitative estimate of drug-likeness (QED) is 0.854. The van der Waals surface area contributed by atoms with E-state index in [1.54, 1.807) is 0 Å². The molecule has 1 aromatic rings. The van der Waals surface area contributed by atoms with Crippen molar-refractivity contribution in [2.24, 2.45) is 0 Å². The standard InChI is InChI=1S/C17H23NO3S/c1-15(11-16-5-3-2-4-6-16)12-18-8-9-21-17(13-18)7-10-22(19,20)14-17/h2-6,11H,7-10,12-14H2,1H3/b15-11+. The first-order valence-corrected chi connectivity index (χ1v) is 9.58. The molecule has 2 aliphatic heterocycles. The van der Waals surface area contributed by atoms with Crippen molar-refractivity contribution in [2.75, 3.05) is 37.7 Å². The van der Waals surface area contributed by atoms with Gasteiger partial charge in [-0.25, -0.2) is 8.42 Å². The lowest BCUT2D eigenvalue weighted by Gasteiger charge is -2.39. The van der Waals surface area contributed by atoms with Crippen molar-refractivity contribution >= 4 is 15.9 Å². The fourth-order valence-electron chi connectivity index (χ4n) is 3.42. The van der Waals surface area contributed by atoms with Crippen LogP contribution in [-0.2, 0) is 14.6 Å². The number of benzene rings is 1. The van der Waals surface area contributed by atoms with Crippen LogP contribution in [0.25, 0.3) is 6.08 Å². The van der Waals surface area contributed by atoms with E-state index < -0.39 is 15.4 Å². The minimum Gasteiger partial charge on any atom is -0.371 e. The van der Waals surface area contributed by atoms with Crippen molar-refractivity contribution in [2.45, 2.75) is 18.9 Å². The van der Waals surface area contributed by atoms with Crippen molar-refractivity contribution in [3.63, 3.8) is 0 Å². The third kappa shape index (κ3) is 3.77. The smallest absolute Gasteiger partial charge is 0.153 e. The fraction of sp³-hybridized carbons (Fsp3) is 0.529. The van der Waals surface area contributed by atoms with Crippen molar-refractivity contribution in [1.82, 2.24) is 4.90 Å². The largest absolute Gasteiger partial charge is 0.371 e. The Bertz CT molecular complexity index is 654. The van der Waals surface area contributed by atoms with Crippen molar-refractivity contribution in [3.8, 4) is 0 Å². The molecule has 1 spiro atoms. The second-order valence-electron chi connectivity index (χ2n) is 6.49. The Morgan fingerprint density at radius 3 is 2.82 bits per heavy atom. The average molecular weight is 321 g/mol. The molecule has 0 radical (unpaired) electrons. The first-order valence-electron chi connectivity index (χ1n) is 7.75. The molecule has 0 N–H and O–H groups in total. The zero-order valence-corrected chi connectivity index (χ0v) is 13.8. The van der Waals surface area contributed by atoms with Crippen LogP contribution in [0.5, 0.6) is 0 Å². The van der Waals surface area contributed by atoms with Gasteiger partial charge in [0.15, 0.2) is 9.84 Å². The summed E-state index contributed by atoms with van der Waals surface area (Å²) in [4.78, 5) is 2.32. The van der Waals surface area contributed by atoms with Gasteiger partial charge in [0.25, 0.3) is 0 Å². The van der Waals surface area contributed by atoms with Crippen LogP contribution >= 0.6 is 0 Å². The van der Waals surface area contributed by atoms with Gasteiger partial charge < -0.3 is 4.74 Å². The SMILES string of the molecule is C/C(=C\c1ccccc1)CN1CCOC2(CCS(=O)(=O)C2)C1. The van der Waals surface area contributed by atoms with E-state index in [9.17, 15) is 8.42 Å². The highest BCUT2D eigenvalue weighted by molar-refractivity contribution is 7.91. The Morgan fingerprint density at radius 1 is 1.36 bits per heavy atom. The molecule has 1 atom stereocenters. The van der Waals surface area contributed by atoms with Crippen LogP contribution in [0.3, 0.4) is 0 Å². The molecular weight excluding hydrogens is 298 g/mol. The van der Waals surface area contributed by atoms with Crippen molar-refractivity contribution < 1.29 is 13.2 Å². The molecule has 1 unspecified atom stereocenters. The summed E-state index contributed by atoms with van der Waals surface area (Å²) in [7, 11) is -2.92. The molecule has 0 bridgehead atoms. The molecule has 120 valence electrons. The minimum absolute atomic E-state index is 0.179. The summed E-state index contributed by atoms with van der Waals surface area (Å²) in [5.74, 6) is 0.442. The van der Waals surface area contributed by atoms with E-state index in [-0.39, 0.29) is 11.5 Å². The second-order valence-corrected chi connectivity index (χ2v) is 8.67. The third-order valence-corrected chi connectivity index (χ3v) is 6.16. The fourth-order valence-corrected chi connectivity index (χ4v) is 5.36. The average Bonchev–Trinajstić information content (AvgIpc) is 2.74. The monoisotopic (exact) mass is 321 g/mol. The van der Waals surface area contributed by atoms with Gasteiger partial charge in [-0.15, -0.1) is 0 Å². The highest BCUT2D eigenvalue weighted by atomic mass is 32.2. The normalized spacial score (nSPS) is 29.0. The van der Waals surface area contributed by atoms with Gasteiger partial charge in [-0.2, -0.15) is 0 Å². The Morgan fingerprint density at radius 2 is 2.14 bits per heavy atom. The summed E-state index contributed by atoms with van der Waals surface area (Å²) >= 11 is 0.